The van der Waals surface area contributed by atoms with Crippen LogP contribution in [0.4, 0.5) is 11.5 Å². The lowest BCUT2D eigenvalue weighted by Crippen LogP contribution is -2.11. The third-order valence-corrected chi connectivity index (χ3v) is 3.86. The lowest BCUT2D eigenvalue weighted by Gasteiger charge is -2.02. The number of carbonyl (C=O) groups excluding carboxylic acids is 1. The molecule has 108 valence electrons. The molecule has 8 heteroatoms. The molecule has 0 spiro atoms. The number of hydrogen-bond acceptors (Lipinski definition) is 6. The van der Waals surface area contributed by atoms with Gasteiger partial charge in [0, 0.05) is 23.5 Å². The Morgan fingerprint density at radius 1 is 1.52 bits per heavy atom. The molecule has 7 nitrogen and oxygen atoms in total. The average Bonchev–Trinajstić information content (AvgIpc) is 3.12. The zero-order valence-electron chi connectivity index (χ0n) is 11.2. The minimum atomic E-state index is -0.284. The minimum Gasteiger partial charge on any atom is -0.391 e. The van der Waals surface area contributed by atoms with E-state index in [0.29, 0.717) is 22.7 Å². The summed E-state index contributed by atoms with van der Waals surface area (Å²) in [5.41, 5.74) is 1.53. The van der Waals surface area contributed by atoms with Gasteiger partial charge in [-0.1, -0.05) is 0 Å². The maximum Gasteiger partial charge on any atom is 0.261 e. The third kappa shape index (κ3) is 2.58. The summed E-state index contributed by atoms with van der Waals surface area (Å²) in [6.45, 7) is -0.0374. The molecule has 0 aromatic carbocycles. The summed E-state index contributed by atoms with van der Waals surface area (Å²) in [6, 6.07) is 3.51. The van der Waals surface area contributed by atoms with Crippen LogP contribution in [0.5, 0.6) is 0 Å². The topological polar surface area (TPSA) is 91.5 Å². The van der Waals surface area contributed by atoms with Crippen molar-refractivity contribution in [1.82, 2.24) is 14.6 Å². The van der Waals surface area contributed by atoms with Gasteiger partial charge in [0.15, 0.2) is 5.65 Å². The van der Waals surface area contributed by atoms with E-state index >= 15 is 0 Å². The van der Waals surface area contributed by atoms with Crippen LogP contribution in [0.2, 0.25) is 0 Å². The van der Waals surface area contributed by atoms with Gasteiger partial charge in [0.05, 0.1) is 18.5 Å². The van der Waals surface area contributed by atoms with Crippen LogP contribution in [0.3, 0.4) is 0 Å². The standard InChI is InChI=1S/C13H13N5O2S/c1-14-11-2-3-18-12(17-11)10(5-15-18)13(20)16-8-4-9(6-19)21-7-8/h2-5,7,19H,6H2,1H3,(H,14,17)(H,16,20). The molecule has 3 aromatic heterocycles. The number of nitrogens with zero attached hydrogens (tertiary/aromatic N) is 3. The molecule has 0 saturated carbocycles. The molecule has 0 unspecified atom stereocenters. The second-order valence-corrected chi connectivity index (χ2v) is 5.30. The zero-order chi connectivity index (χ0) is 14.8. The first-order valence-electron chi connectivity index (χ1n) is 6.23. The van der Waals surface area contributed by atoms with Gasteiger partial charge in [-0.15, -0.1) is 11.3 Å². The van der Waals surface area contributed by atoms with Crippen LogP contribution >= 0.6 is 11.3 Å². The van der Waals surface area contributed by atoms with Crippen molar-refractivity contribution in [3.05, 3.63) is 40.3 Å². The highest BCUT2D eigenvalue weighted by Gasteiger charge is 2.15. The molecular formula is C13H13N5O2S. The normalized spacial score (nSPS) is 10.8. The van der Waals surface area contributed by atoms with Crippen LogP contribution < -0.4 is 10.6 Å². The molecule has 1 amide bonds. The van der Waals surface area contributed by atoms with E-state index in [1.54, 1.807) is 35.3 Å². The van der Waals surface area contributed by atoms with Gasteiger partial charge in [-0.05, 0) is 12.1 Å². The van der Waals surface area contributed by atoms with Crippen LogP contribution in [-0.2, 0) is 6.61 Å². The van der Waals surface area contributed by atoms with Crippen molar-refractivity contribution in [3.63, 3.8) is 0 Å². The SMILES string of the molecule is CNc1ccn2ncc(C(=O)Nc3csc(CO)c3)c2n1. The molecule has 0 bridgehead atoms. The number of carbonyl (C=O) groups is 1. The van der Waals surface area contributed by atoms with E-state index in [4.69, 9.17) is 5.11 Å². The summed E-state index contributed by atoms with van der Waals surface area (Å²) >= 11 is 1.39. The molecule has 21 heavy (non-hydrogen) atoms. The number of amides is 1. The first kappa shape index (κ1) is 13.5. The molecule has 3 aromatic rings. The number of hydrogen-bond donors (Lipinski definition) is 3. The monoisotopic (exact) mass is 303 g/mol. The van der Waals surface area contributed by atoms with Gasteiger partial charge in [-0.2, -0.15) is 5.10 Å². The molecular weight excluding hydrogens is 290 g/mol. The fraction of sp³-hybridized carbons (Fsp3) is 0.154. The summed E-state index contributed by atoms with van der Waals surface area (Å²) < 4.78 is 1.54. The van der Waals surface area contributed by atoms with Crippen molar-refractivity contribution in [1.29, 1.82) is 0 Å². The molecule has 3 heterocycles. The van der Waals surface area contributed by atoms with Gasteiger partial charge in [-0.25, -0.2) is 9.50 Å². The third-order valence-electron chi connectivity index (χ3n) is 2.94. The number of aliphatic hydroxyl groups is 1. The van der Waals surface area contributed by atoms with Crippen molar-refractivity contribution in [2.45, 2.75) is 6.61 Å². The minimum absolute atomic E-state index is 0.0374. The fourth-order valence-corrected chi connectivity index (χ4v) is 2.57. The highest BCUT2D eigenvalue weighted by molar-refractivity contribution is 7.10. The Morgan fingerprint density at radius 3 is 3.10 bits per heavy atom. The zero-order valence-corrected chi connectivity index (χ0v) is 12.0. The van der Waals surface area contributed by atoms with E-state index in [-0.39, 0.29) is 12.5 Å². The number of aromatic nitrogens is 3. The van der Waals surface area contributed by atoms with Crippen molar-refractivity contribution in [3.8, 4) is 0 Å². The molecule has 0 aliphatic heterocycles. The van der Waals surface area contributed by atoms with E-state index in [2.05, 4.69) is 20.7 Å². The maximum absolute atomic E-state index is 12.3. The van der Waals surface area contributed by atoms with Crippen LogP contribution in [-0.4, -0.2) is 32.7 Å². The fourth-order valence-electron chi connectivity index (χ4n) is 1.90. The molecule has 0 radical (unpaired) electrons. The predicted octanol–water partition coefficient (Wildman–Crippen LogP) is 1.58. The van der Waals surface area contributed by atoms with E-state index in [0.717, 1.165) is 4.88 Å². The summed E-state index contributed by atoms with van der Waals surface area (Å²) in [6.07, 6.45) is 3.22. The Bertz CT molecular complexity index is 795. The summed E-state index contributed by atoms with van der Waals surface area (Å²) in [7, 11) is 1.76. The van der Waals surface area contributed by atoms with E-state index in [1.807, 2.05) is 0 Å². The Balaban J connectivity index is 1.90. The number of rotatable bonds is 4. The quantitative estimate of drug-likeness (QED) is 0.680. The van der Waals surface area contributed by atoms with Crippen molar-refractivity contribution >= 4 is 34.4 Å². The number of anilines is 2. The number of fused-ring (bicyclic) bond motifs is 1. The molecule has 0 fully saturated rings. The van der Waals surface area contributed by atoms with Crippen LogP contribution in [0.1, 0.15) is 15.2 Å². The van der Waals surface area contributed by atoms with Crippen molar-refractivity contribution in [2.24, 2.45) is 0 Å². The number of thiophene rings is 1. The largest absolute Gasteiger partial charge is 0.391 e. The molecule has 3 N–H and O–H groups in total. The highest BCUT2D eigenvalue weighted by atomic mass is 32.1. The van der Waals surface area contributed by atoms with Crippen LogP contribution in [0.25, 0.3) is 5.65 Å². The molecule has 3 rings (SSSR count). The Kier molecular flexibility index (Phi) is 3.55. The molecule has 0 aliphatic carbocycles. The Morgan fingerprint density at radius 2 is 2.38 bits per heavy atom. The maximum atomic E-state index is 12.3. The van der Waals surface area contributed by atoms with Crippen LogP contribution in [0, 0.1) is 0 Å². The van der Waals surface area contributed by atoms with Crippen LogP contribution in [0.15, 0.2) is 29.9 Å². The van der Waals surface area contributed by atoms with Crippen molar-refractivity contribution in [2.75, 3.05) is 17.7 Å². The smallest absolute Gasteiger partial charge is 0.261 e. The van der Waals surface area contributed by atoms with Gasteiger partial charge < -0.3 is 15.7 Å². The molecule has 0 saturated heterocycles. The first-order valence-corrected chi connectivity index (χ1v) is 7.11. The van der Waals surface area contributed by atoms with E-state index in [9.17, 15) is 4.79 Å². The molecule has 0 aliphatic rings. The summed E-state index contributed by atoms with van der Waals surface area (Å²) in [4.78, 5) is 17.4. The summed E-state index contributed by atoms with van der Waals surface area (Å²) in [5, 5.41) is 20.6. The Labute approximate surface area is 124 Å². The first-order chi connectivity index (χ1) is 10.2. The van der Waals surface area contributed by atoms with Gasteiger partial charge in [-0.3, -0.25) is 4.79 Å². The van der Waals surface area contributed by atoms with E-state index < -0.39 is 0 Å². The van der Waals surface area contributed by atoms with Gasteiger partial charge >= 0.3 is 0 Å². The lowest BCUT2D eigenvalue weighted by molar-refractivity contribution is 0.102. The second kappa shape index (κ2) is 5.51. The second-order valence-electron chi connectivity index (χ2n) is 4.30. The molecule has 0 atom stereocenters. The average molecular weight is 303 g/mol. The van der Waals surface area contributed by atoms with E-state index in [1.165, 1.54) is 17.5 Å². The van der Waals surface area contributed by atoms with Gasteiger partial charge in [0.1, 0.15) is 11.4 Å². The van der Waals surface area contributed by atoms with Gasteiger partial charge in [0.2, 0.25) is 0 Å². The highest BCUT2D eigenvalue weighted by Crippen LogP contribution is 2.20. The predicted molar refractivity (Wildman–Crippen MR) is 80.7 cm³/mol. The Hall–Kier alpha value is -2.45. The number of nitrogens with one attached hydrogen (secondary N) is 2. The number of aliphatic hydroxyl groups excluding tert-OH is 1. The summed E-state index contributed by atoms with van der Waals surface area (Å²) in [5.74, 6) is 0.378. The van der Waals surface area contributed by atoms with Crippen molar-refractivity contribution < 1.29 is 9.90 Å². The lowest BCUT2D eigenvalue weighted by atomic mass is 10.3. The van der Waals surface area contributed by atoms with Gasteiger partial charge in [0.25, 0.3) is 5.91 Å².